The third kappa shape index (κ3) is 7.59. The van der Waals surface area contributed by atoms with Crippen LogP contribution in [-0.4, -0.2) is 32.6 Å². The summed E-state index contributed by atoms with van der Waals surface area (Å²) < 4.78 is 5.69. The van der Waals surface area contributed by atoms with Gasteiger partial charge in [-0.25, -0.2) is 14.8 Å². The zero-order valence-corrected chi connectivity index (χ0v) is 21.4. The van der Waals surface area contributed by atoms with Crippen LogP contribution in [0.1, 0.15) is 58.3 Å². The first kappa shape index (κ1) is 25.8. The van der Waals surface area contributed by atoms with E-state index in [0.717, 1.165) is 25.1 Å². The number of unbranched alkanes of at least 4 members (excludes halogenated alkanes) is 1. The van der Waals surface area contributed by atoms with Crippen molar-refractivity contribution in [3.8, 4) is 0 Å². The molecule has 0 bridgehead atoms. The molecule has 34 heavy (non-hydrogen) atoms. The van der Waals surface area contributed by atoms with Crippen LogP contribution in [0.3, 0.4) is 0 Å². The summed E-state index contributed by atoms with van der Waals surface area (Å²) in [6.07, 6.45) is 7.39. The van der Waals surface area contributed by atoms with E-state index in [1.807, 2.05) is 32.9 Å². The van der Waals surface area contributed by atoms with Crippen molar-refractivity contribution in [1.29, 1.82) is 0 Å². The largest absolute Gasteiger partial charge is 0.458 e. The lowest BCUT2D eigenvalue weighted by molar-refractivity contribution is -0.157. The summed E-state index contributed by atoms with van der Waals surface area (Å²) in [7, 11) is 0. The number of rotatable bonds is 10. The van der Waals surface area contributed by atoms with Crippen molar-refractivity contribution in [3.63, 3.8) is 0 Å². The lowest BCUT2D eigenvalue weighted by Crippen LogP contribution is -2.46. The monoisotopic (exact) mass is 477 g/mol. The minimum Gasteiger partial charge on any atom is -0.458 e. The molecule has 0 aliphatic carbocycles. The molecule has 1 N–H and O–H groups in total. The first-order valence-corrected chi connectivity index (χ1v) is 12.4. The summed E-state index contributed by atoms with van der Waals surface area (Å²) in [5, 5.41) is 5.77. The average Bonchev–Trinajstić information content (AvgIpc) is 2.81. The van der Waals surface area contributed by atoms with Crippen molar-refractivity contribution >= 4 is 33.9 Å². The SMILES string of the molecule is CCCC[C@H](NC(=S)[C@H](Cc1ncccn1)Cc1cccc2ccccc12)C(=O)OC(C)(C)C. The number of hydrogen-bond donors (Lipinski definition) is 1. The number of ether oxygens (including phenoxy) is 1. The van der Waals surface area contributed by atoms with Gasteiger partial charge in [0.1, 0.15) is 17.5 Å². The highest BCUT2D eigenvalue weighted by atomic mass is 32.1. The van der Waals surface area contributed by atoms with Gasteiger partial charge in [0.15, 0.2) is 0 Å². The maximum atomic E-state index is 12.9. The number of esters is 1. The van der Waals surface area contributed by atoms with Gasteiger partial charge in [-0.05, 0) is 56.0 Å². The van der Waals surface area contributed by atoms with Crippen molar-refractivity contribution in [1.82, 2.24) is 15.3 Å². The minimum atomic E-state index is -0.551. The van der Waals surface area contributed by atoms with Crippen LogP contribution in [0.4, 0.5) is 0 Å². The summed E-state index contributed by atoms with van der Waals surface area (Å²) >= 11 is 5.91. The predicted octanol–water partition coefficient (Wildman–Crippen LogP) is 5.85. The molecule has 0 aliphatic rings. The van der Waals surface area contributed by atoms with Crippen molar-refractivity contribution < 1.29 is 9.53 Å². The van der Waals surface area contributed by atoms with Gasteiger partial charge < -0.3 is 10.1 Å². The van der Waals surface area contributed by atoms with Crippen LogP contribution >= 0.6 is 12.2 Å². The van der Waals surface area contributed by atoms with Crippen LogP contribution in [0.5, 0.6) is 0 Å². The maximum absolute atomic E-state index is 12.9. The van der Waals surface area contributed by atoms with Gasteiger partial charge in [0, 0.05) is 24.7 Å². The molecule has 0 aliphatic heterocycles. The van der Waals surface area contributed by atoms with Crippen LogP contribution < -0.4 is 5.32 Å². The first-order valence-electron chi connectivity index (χ1n) is 12.0. The zero-order chi connectivity index (χ0) is 24.6. The molecule has 0 unspecified atom stereocenters. The number of carbonyl (C=O) groups is 1. The summed E-state index contributed by atoms with van der Waals surface area (Å²) in [5.41, 5.74) is 0.663. The standard InChI is InChI=1S/C28H35N3O2S/c1-5-6-15-24(27(32)33-28(2,3)4)31-26(34)22(19-25-29-16-10-17-30-25)18-21-13-9-12-20-11-7-8-14-23(20)21/h7-14,16-17,22,24H,5-6,15,18-19H2,1-4H3,(H,31,34)/t22-,24-/m0/s1. The molecule has 1 heterocycles. The summed E-state index contributed by atoms with van der Waals surface area (Å²) in [5.74, 6) is 0.414. The van der Waals surface area contributed by atoms with Crippen LogP contribution in [-0.2, 0) is 22.4 Å². The number of carbonyl (C=O) groups excluding carboxylic acids is 1. The topological polar surface area (TPSA) is 64.1 Å². The van der Waals surface area contributed by atoms with E-state index in [-0.39, 0.29) is 11.9 Å². The fraction of sp³-hybridized carbons (Fsp3) is 0.429. The van der Waals surface area contributed by atoms with E-state index in [2.05, 4.69) is 58.6 Å². The molecule has 0 saturated carbocycles. The first-order chi connectivity index (χ1) is 16.3. The highest BCUT2D eigenvalue weighted by Gasteiger charge is 2.28. The fourth-order valence-electron chi connectivity index (χ4n) is 3.97. The average molecular weight is 478 g/mol. The molecule has 0 spiro atoms. The Morgan fingerprint density at radius 1 is 1.03 bits per heavy atom. The van der Waals surface area contributed by atoms with Crippen LogP contribution in [0, 0.1) is 5.92 Å². The van der Waals surface area contributed by atoms with E-state index in [0.29, 0.717) is 17.8 Å². The van der Waals surface area contributed by atoms with Gasteiger partial charge in [-0.3, -0.25) is 0 Å². The van der Waals surface area contributed by atoms with Gasteiger partial charge in [0.25, 0.3) is 0 Å². The molecule has 0 amide bonds. The Balaban J connectivity index is 1.86. The molecular weight excluding hydrogens is 442 g/mol. The molecule has 1 aromatic heterocycles. The van der Waals surface area contributed by atoms with E-state index in [1.165, 1.54) is 16.3 Å². The Hall–Kier alpha value is -2.86. The smallest absolute Gasteiger partial charge is 0.329 e. The molecule has 2 aromatic carbocycles. The molecule has 3 aromatic rings. The number of thiocarbonyl (C=S) groups is 1. The molecule has 3 rings (SSSR count). The molecule has 0 saturated heterocycles. The molecule has 5 nitrogen and oxygen atoms in total. The van der Waals surface area contributed by atoms with Crippen LogP contribution in [0.2, 0.25) is 0 Å². The van der Waals surface area contributed by atoms with Gasteiger partial charge in [-0.1, -0.05) is 74.4 Å². The third-order valence-corrected chi connectivity index (χ3v) is 6.07. The fourth-order valence-corrected chi connectivity index (χ4v) is 4.28. The third-order valence-electron chi connectivity index (χ3n) is 5.62. The second kappa shape index (κ2) is 12.0. The van der Waals surface area contributed by atoms with E-state index in [4.69, 9.17) is 17.0 Å². The van der Waals surface area contributed by atoms with Crippen LogP contribution in [0.15, 0.2) is 60.9 Å². The number of nitrogens with one attached hydrogen (secondary N) is 1. The van der Waals surface area contributed by atoms with Gasteiger partial charge in [0.2, 0.25) is 0 Å². The molecule has 180 valence electrons. The Morgan fingerprint density at radius 2 is 1.74 bits per heavy atom. The van der Waals surface area contributed by atoms with Gasteiger partial charge in [-0.15, -0.1) is 0 Å². The zero-order valence-electron chi connectivity index (χ0n) is 20.6. The predicted molar refractivity (Wildman–Crippen MR) is 142 cm³/mol. The molecule has 0 radical (unpaired) electrons. The van der Waals surface area contributed by atoms with Crippen molar-refractivity contribution in [2.24, 2.45) is 5.92 Å². The van der Waals surface area contributed by atoms with Gasteiger partial charge in [-0.2, -0.15) is 0 Å². The van der Waals surface area contributed by atoms with E-state index in [9.17, 15) is 4.79 Å². The lowest BCUT2D eigenvalue weighted by atomic mass is 9.91. The number of benzene rings is 2. The molecule has 6 heteroatoms. The summed E-state index contributed by atoms with van der Waals surface area (Å²) in [6, 6.07) is 16.0. The Kier molecular flexibility index (Phi) is 9.11. The number of nitrogens with zero attached hydrogens (tertiary/aromatic N) is 2. The normalized spacial score (nSPS) is 13.3. The summed E-state index contributed by atoms with van der Waals surface area (Å²) in [6.45, 7) is 7.77. The number of fused-ring (bicyclic) bond motifs is 1. The quantitative estimate of drug-likeness (QED) is 0.292. The van der Waals surface area contributed by atoms with Crippen molar-refractivity contribution in [3.05, 3.63) is 72.3 Å². The minimum absolute atomic E-state index is 0.0604. The second-order valence-corrected chi connectivity index (χ2v) is 10.1. The Morgan fingerprint density at radius 3 is 2.44 bits per heavy atom. The molecule has 0 fully saturated rings. The molecular formula is C28H35N3O2S. The highest BCUT2D eigenvalue weighted by Crippen LogP contribution is 2.23. The van der Waals surface area contributed by atoms with Gasteiger partial charge in [0.05, 0.1) is 4.99 Å². The van der Waals surface area contributed by atoms with E-state index < -0.39 is 11.6 Å². The lowest BCUT2D eigenvalue weighted by Gasteiger charge is -2.27. The maximum Gasteiger partial charge on any atom is 0.329 e. The second-order valence-electron chi connectivity index (χ2n) is 9.65. The van der Waals surface area contributed by atoms with Crippen molar-refractivity contribution in [2.45, 2.75) is 71.4 Å². The highest BCUT2D eigenvalue weighted by molar-refractivity contribution is 7.80. The van der Waals surface area contributed by atoms with Crippen molar-refractivity contribution in [2.75, 3.05) is 0 Å². The van der Waals surface area contributed by atoms with Crippen LogP contribution in [0.25, 0.3) is 10.8 Å². The van der Waals surface area contributed by atoms with E-state index in [1.54, 1.807) is 12.4 Å². The van der Waals surface area contributed by atoms with Gasteiger partial charge >= 0.3 is 5.97 Å². The summed E-state index contributed by atoms with van der Waals surface area (Å²) in [4.78, 5) is 22.4. The number of aromatic nitrogens is 2. The Bertz CT molecular complexity index is 1090. The van der Waals surface area contributed by atoms with E-state index >= 15 is 0 Å². The molecule has 2 atom stereocenters. The Labute approximate surface area is 208 Å². The number of hydrogen-bond acceptors (Lipinski definition) is 5.